The molecular formula is C18H17N. The van der Waals surface area contributed by atoms with E-state index in [9.17, 15) is 0 Å². The quantitative estimate of drug-likeness (QED) is 0.740. The molecule has 0 spiro atoms. The first-order chi connectivity index (χ1) is 9.24. The molecule has 0 amide bonds. The van der Waals surface area contributed by atoms with Crippen LogP contribution in [0.3, 0.4) is 0 Å². The number of hydrogen-bond donors (Lipinski definition) is 0. The van der Waals surface area contributed by atoms with E-state index < -0.39 is 0 Å². The molecule has 1 heterocycles. The van der Waals surface area contributed by atoms with Gasteiger partial charge in [0.2, 0.25) is 0 Å². The van der Waals surface area contributed by atoms with Crippen molar-refractivity contribution in [2.45, 2.75) is 19.9 Å². The third-order valence-electron chi connectivity index (χ3n) is 3.60. The molecule has 2 aromatic rings. The van der Waals surface area contributed by atoms with Crippen molar-refractivity contribution in [3.63, 3.8) is 0 Å². The number of nitrogens with zero attached hydrogens (tertiary/aromatic N) is 1. The molecule has 94 valence electrons. The predicted octanol–water partition coefficient (Wildman–Crippen LogP) is 4.51. The van der Waals surface area contributed by atoms with Crippen LogP contribution >= 0.6 is 0 Å². The van der Waals surface area contributed by atoms with Crippen LogP contribution in [0.5, 0.6) is 0 Å². The molecule has 1 nitrogen and oxygen atoms in total. The lowest BCUT2D eigenvalue weighted by Crippen LogP contribution is -1.92. The zero-order valence-corrected chi connectivity index (χ0v) is 11.3. The Morgan fingerprint density at radius 2 is 1.63 bits per heavy atom. The van der Waals surface area contributed by atoms with Gasteiger partial charge in [-0.25, -0.2) is 0 Å². The Labute approximate surface area is 114 Å². The van der Waals surface area contributed by atoms with Gasteiger partial charge in [0.15, 0.2) is 0 Å². The van der Waals surface area contributed by atoms with E-state index >= 15 is 0 Å². The zero-order chi connectivity index (χ0) is 13.2. The summed E-state index contributed by atoms with van der Waals surface area (Å²) in [5.41, 5.74) is 6.33. The molecule has 1 atom stereocenters. The van der Waals surface area contributed by atoms with Gasteiger partial charge in [0.05, 0.1) is 6.04 Å². The van der Waals surface area contributed by atoms with Crippen molar-refractivity contribution in [1.82, 2.24) is 0 Å². The molecule has 1 aliphatic rings. The Morgan fingerprint density at radius 1 is 0.895 bits per heavy atom. The number of allylic oxidation sites excluding steroid dienone is 1. The standard InChI is InChI=1S/C18H17N/c1-13-7-9-15(10-8-13)16-11-18(19-12-16)17-6-4-3-5-14(17)2/h3-12,18H,1-2H3. The average Bonchev–Trinajstić information content (AvgIpc) is 2.89. The van der Waals surface area contributed by atoms with E-state index in [2.05, 4.69) is 73.4 Å². The molecule has 0 aliphatic carbocycles. The summed E-state index contributed by atoms with van der Waals surface area (Å²) in [4.78, 5) is 4.63. The largest absolute Gasteiger partial charge is 0.280 e. The summed E-state index contributed by atoms with van der Waals surface area (Å²) in [7, 11) is 0. The van der Waals surface area contributed by atoms with Gasteiger partial charge in [-0.1, -0.05) is 54.1 Å². The summed E-state index contributed by atoms with van der Waals surface area (Å²) in [5.74, 6) is 0. The molecule has 0 N–H and O–H groups in total. The average molecular weight is 247 g/mol. The van der Waals surface area contributed by atoms with Crippen LogP contribution in [0.25, 0.3) is 5.57 Å². The fourth-order valence-electron chi connectivity index (χ4n) is 2.42. The van der Waals surface area contributed by atoms with Gasteiger partial charge in [-0.15, -0.1) is 0 Å². The minimum Gasteiger partial charge on any atom is -0.280 e. The van der Waals surface area contributed by atoms with Crippen molar-refractivity contribution < 1.29 is 0 Å². The maximum atomic E-state index is 4.63. The van der Waals surface area contributed by atoms with Crippen molar-refractivity contribution in [3.05, 3.63) is 76.9 Å². The second-order valence-electron chi connectivity index (χ2n) is 5.07. The molecule has 0 saturated carbocycles. The summed E-state index contributed by atoms with van der Waals surface area (Å²) < 4.78 is 0. The van der Waals surface area contributed by atoms with Crippen LogP contribution in [0.15, 0.2) is 59.6 Å². The van der Waals surface area contributed by atoms with Crippen molar-refractivity contribution in [2.24, 2.45) is 4.99 Å². The van der Waals surface area contributed by atoms with Gasteiger partial charge in [-0.2, -0.15) is 0 Å². The molecule has 2 aromatic carbocycles. The number of benzene rings is 2. The van der Waals surface area contributed by atoms with Gasteiger partial charge in [0.1, 0.15) is 0 Å². The van der Waals surface area contributed by atoms with E-state index in [4.69, 9.17) is 0 Å². The first-order valence-electron chi connectivity index (χ1n) is 6.61. The summed E-state index contributed by atoms with van der Waals surface area (Å²) in [5, 5.41) is 0. The van der Waals surface area contributed by atoms with Crippen LogP contribution < -0.4 is 0 Å². The Kier molecular flexibility index (Phi) is 3.04. The topological polar surface area (TPSA) is 12.4 Å². The SMILES string of the molecule is Cc1ccc(C2=CC(c3ccccc3C)N=C2)cc1. The van der Waals surface area contributed by atoms with Crippen LogP contribution in [0.1, 0.15) is 28.3 Å². The Bertz CT molecular complexity index is 648. The molecule has 0 bridgehead atoms. The predicted molar refractivity (Wildman–Crippen MR) is 81.6 cm³/mol. The highest BCUT2D eigenvalue weighted by molar-refractivity contribution is 6.11. The number of aryl methyl sites for hydroxylation is 2. The number of aliphatic imine (C=N–C) groups is 1. The van der Waals surface area contributed by atoms with Crippen molar-refractivity contribution >= 4 is 11.8 Å². The highest BCUT2D eigenvalue weighted by atomic mass is 14.8. The van der Waals surface area contributed by atoms with Crippen molar-refractivity contribution in [1.29, 1.82) is 0 Å². The van der Waals surface area contributed by atoms with Crippen LogP contribution in [-0.4, -0.2) is 6.21 Å². The molecule has 1 heteroatoms. The monoisotopic (exact) mass is 247 g/mol. The Balaban J connectivity index is 1.92. The Hall–Kier alpha value is -2.15. The molecular weight excluding hydrogens is 230 g/mol. The van der Waals surface area contributed by atoms with Gasteiger partial charge >= 0.3 is 0 Å². The fraction of sp³-hybridized carbons (Fsp3) is 0.167. The first kappa shape index (κ1) is 11.9. The summed E-state index contributed by atoms with van der Waals surface area (Å²) in [6, 6.07) is 17.2. The lowest BCUT2D eigenvalue weighted by atomic mass is 9.99. The summed E-state index contributed by atoms with van der Waals surface area (Å²) in [6.45, 7) is 4.25. The van der Waals surface area contributed by atoms with E-state index in [1.54, 1.807) is 0 Å². The van der Waals surface area contributed by atoms with Gasteiger partial charge in [0, 0.05) is 6.21 Å². The second kappa shape index (κ2) is 4.85. The van der Waals surface area contributed by atoms with Crippen LogP contribution in [-0.2, 0) is 0 Å². The Morgan fingerprint density at radius 3 is 2.37 bits per heavy atom. The lowest BCUT2D eigenvalue weighted by Gasteiger charge is -2.08. The van der Waals surface area contributed by atoms with Gasteiger partial charge in [-0.05, 0) is 42.2 Å². The van der Waals surface area contributed by atoms with Gasteiger partial charge in [0.25, 0.3) is 0 Å². The highest BCUT2D eigenvalue weighted by Gasteiger charge is 2.15. The third kappa shape index (κ3) is 2.37. The summed E-state index contributed by atoms with van der Waals surface area (Å²) >= 11 is 0. The van der Waals surface area contributed by atoms with Gasteiger partial charge < -0.3 is 0 Å². The van der Waals surface area contributed by atoms with E-state index in [0.717, 1.165) is 0 Å². The van der Waals surface area contributed by atoms with Gasteiger partial charge in [-0.3, -0.25) is 4.99 Å². The van der Waals surface area contributed by atoms with Crippen molar-refractivity contribution in [2.75, 3.05) is 0 Å². The molecule has 1 aliphatic heterocycles. The second-order valence-corrected chi connectivity index (χ2v) is 5.07. The zero-order valence-electron chi connectivity index (χ0n) is 11.3. The fourth-order valence-corrected chi connectivity index (χ4v) is 2.42. The number of hydrogen-bond acceptors (Lipinski definition) is 1. The van der Waals surface area contributed by atoms with E-state index in [-0.39, 0.29) is 6.04 Å². The van der Waals surface area contributed by atoms with E-state index in [0.29, 0.717) is 0 Å². The van der Waals surface area contributed by atoms with Crippen LogP contribution in [0, 0.1) is 13.8 Å². The van der Waals surface area contributed by atoms with Crippen LogP contribution in [0.4, 0.5) is 0 Å². The number of rotatable bonds is 2. The highest BCUT2D eigenvalue weighted by Crippen LogP contribution is 2.30. The van der Waals surface area contributed by atoms with Crippen LogP contribution in [0.2, 0.25) is 0 Å². The van der Waals surface area contributed by atoms with E-state index in [1.165, 1.54) is 27.8 Å². The molecule has 1 unspecified atom stereocenters. The lowest BCUT2D eigenvalue weighted by molar-refractivity contribution is 0.923. The molecule has 0 saturated heterocycles. The maximum Gasteiger partial charge on any atom is 0.0942 e. The molecule has 0 fully saturated rings. The molecule has 0 aromatic heterocycles. The molecule has 19 heavy (non-hydrogen) atoms. The smallest absolute Gasteiger partial charge is 0.0942 e. The first-order valence-corrected chi connectivity index (χ1v) is 6.61. The minimum absolute atomic E-state index is 0.164. The normalized spacial score (nSPS) is 17.6. The maximum absolute atomic E-state index is 4.63. The molecule has 0 radical (unpaired) electrons. The van der Waals surface area contributed by atoms with E-state index in [1.807, 2.05) is 6.21 Å². The molecule has 3 rings (SSSR count). The third-order valence-corrected chi connectivity index (χ3v) is 3.60. The van der Waals surface area contributed by atoms with Crippen molar-refractivity contribution in [3.8, 4) is 0 Å². The summed E-state index contributed by atoms with van der Waals surface area (Å²) in [6.07, 6.45) is 4.23. The minimum atomic E-state index is 0.164.